The van der Waals surface area contributed by atoms with Crippen LogP contribution in [0.3, 0.4) is 0 Å². The molecule has 2 rings (SSSR count). The summed E-state index contributed by atoms with van der Waals surface area (Å²) < 4.78 is 7.44. The van der Waals surface area contributed by atoms with Gasteiger partial charge in [-0.05, 0) is 44.0 Å². The van der Waals surface area contributed by atoms with E-state index in [1.165, 1.54) is 11.3 Å². The quantitative estimate of drug-likeness (QED) is 0.819. The molecule has 14 heavy (non-hydrogen) atoms. The number of ether oxygens (including phenoxy) is 1. The van der Waals surface area contributed by atoms with Crippen LogP contribution in [0.2, 0.25) is 0 Å². The molecule has 0 saturated carbocycles. The Hall–Kier alpha value is -0.390. The van der Waals surface area contributed by atoms with Gasteiger partial charge in [0.1, 0.15) is 5.75 Å². The summed E-state index contributed by atoms with van der Waals surface area (Å²) in [5.41, 5.74) is 2.72. The summed E-state index contributed by atoms with van der Waals surface area (Å²) >= 11 is 8.17. The fourth-order valence-corrected chi connectivity index (χ4v) is 2.02. The maximum absolute atomic E-state index is 5.58. The predicted molar refractivity (Wildman–Crippen MR) is 62.9 cm³/mol. The highest BCUT2D eigenvalue weighted by Crippen LogP contribution is 2.35. The number of hydrogen-bond acceptors (Lipinski definition) is 3. The third-order valence-corrected chi connectivity index (χ3v) is 4.09. The van der Waals surface area contributed by atoms with Crippen molar-refractivity contribution in [1.82, 2.24) is 4.98 Å². The van der Waals surface area contributed by atoms with Gasteiger partial charge in [-0.1, -0.05) is 17.4 Å². The molecule has 0 atom stereocenters. The van der Waals surface area contributed by atoms with Crippen molar-refractivity contribution >= 4 is 43.2 Å². The molecule has 2 aromatic rings. The lowest BCUT2D eigenvalue weighted by molar-refractivity contribution is 0.491. The van der Waals surface area contributed by atoms with Gasteiger partial charge in [0.25, 0.3) is 0 Å². The fourth-order valence-electron chi connectivity index (χ4n) is 0.895. The summed E-state index contributed by atoms with van der Waals surface area (Å²) in [6.45, 7) is 0. The van der Waals surface area contributed by atoms with Gasteiger partial charge < -0.3 is 4.74 Å². The van der Waals surface area contributed by atoms with Crippen LogP contribution in [0.25, 0.3) is 0 Å². The lowest BCUT2D eigenvalue weighted by atomic mass is 10.3. The molecule has 0 saturated heterocycles. The second kappa shape index (κ2) is 4.42. The molecule has 1 heterocycles. The molecule has 0 aliphatic heterocycles. The molecule has 0 aliphatic carbocycles. The Bertz CT molecular complexity index is 430. The Morgan fingerprint density at radius 3 is 2.93 bits per heavy atom. The highest BCUT2D eigenvalue weighted by atomic mass is 79.9. The van der Waals surface area contributed by atoms with E-state index in [0.717, 1.165) is 19.8 Å². The Kier molecular flexibility index (Phi) is 3.20. The maximum Gasteiger partial charge on any atom is 0.201 e. The molecule has 2 nitrogen and oxygen atoms in total. The van der Waals surface area contributed by atoms with E-state index in [0.29, 0.717) is 0 Å². The lowest BCUT2D eigenvalue weighted by Crippen LogP contribution is -1.82. The van der Waals surface area contributed by atoms with Gasteiger partial charge in [0.05, 0.1) is 10.7 Å². The van der Waals surface area contributed by atoms with E-state index in [9.17, 15) is 0 Å². The van der Waals surface area contributed by atoms with E-state index in [-0.39, 0.29) is 0 Å². The molecule has 0 bridgehead atoms. The summed E-state index contributed by atoms with van der Waals surface area (Å²) in [6.07, 6.45) is 1.64. The van der Waals surface area contributed by atoms with Crippen molar-refractivity contribution in [3.63, 3.8) is 0 Å². The summed E-state index contributed by atoms with van der Waals surface area (Å²) in [6, 6.07) is 5.74. The first-order valence-electron chi connectivity index (χ1n) is 3.71. The van der Waals surface area contributed by atoms with Crippen molar-refractivity contribution in [2.24, 2.45) is 0 Å². The Morgan fingerprint density at radius 2 is 2.21 bits per heavy atom. The van der Waals surface area contributed by atoms with Crippen molar-refractivity contribution in [2.45, 2.75) is 0 Å². The molecule has 0 spiro atoms. The fraction of sp³-hybridized carbons (Fsp3) is 0. The van der Waals surface area contributed by atoms with Crippen LogP contribution in [-0.2, 0) is 0 Å². The van der Waals surface area contributed by atoms with Crippen LogP contribution in [-0.4, -0.2) is 4.98 Å². The van der Waals surface area contributed by atoms with Crippen molar-refractivity contribution in [2.75, 3.05) is 0 Å². The molecule has 0 N–H and O–H groups in total. The number of thiazole rings is 1. The number of halogens is 2. The van der Waals surface area contributed by atoms with Crippen LogP contribution in [0, 0.1) is 5.51 Å². The van der Waals surface area contributed by atoms with Crippen LogP contribution in [0.5, 0.6) is 10.8 Å². The summed E-state index contributed by atoms with van der Waals surface area (Å²) in [7, 11) is 0. The van der Waals surface area contributed by atoms with Crippen molar-refractivity contribution in [3.8, 4) is 10.8 Å². The zero-order valence-electron chi connectivity index (χ0n) is 6.83. The first-order chi connectivity index (χ1) is 6.77. The topological polar surface area (TPSA) is 22.1 Å². The normalized spacial score (nSPS) is 10.1. The van der Waals surface area contributed by atoms with Crippen LogP contribution in [0.4, 0.5) is 0 Å². The molecule has 1 radical (unpaired) electrons. The van der Waals surface area contributed by atoms with Crippen LogP contribution in [0.1, 0.15) is 0 Å². The van der Waals surface area contributed by atoms with Gasteiger partial charge in [-0.3, -0.25) is 0 Å². The third-order valence-electron chi connectivity index (χ3n) is 1.50. The molecule has 0 unspecified atom stereocenters. The van der Waals surface area contributed by atoms with Crippen LogP contribution < -0.4 is 4.74 Å². The van der Waals surface area contributed by atoms with Gasteiger partial charge in [-0.15, -0.1) is 0 Å². The number of nitrogens with zero attached hydrogens (tertiary/aromatic N) is 1. The molecule has 1 aromatic carbocycles. The Morgan fingerprint density at radius 1 is 1.36 bits per heavy atom. The second-order valence-electron chi connectivity index (χ2n) is 2.42. The van der Waals surface area contributed by atoms with Gasteiger partial charge in [-0.25, -0.2) is 4.98 Å². The number of hydrogen-bond donors (Lipinski definition) is 0. The van der Waals surface area contributed by atoms with E-state index >= 15 is 0 Å². The molecule has 0 aliphatic rings. The molecular formula is C9H4Br2NOS. The monoisotopic (exact) mass is 332 g/mol. The van der Waals surface area contributed by atoms with Crippen molar-refractivity contribution in [3.05, 3.63) is 38.9 Å². The lowest BCUT2D eigenvalue weighted by Gasteiger charge is -2.05. The van der Waals surface area contributed by atoms with E-state index in [2.05, 4.69) is 42.4 Å². The smallest absolute Gasteiger partial charge is 0.201 e. The van der Waals surface area contributed by atoms with Crippen LogP contribution in [0.15, 0.2) is 33.3 Å². The zero-order valence-corrected chi connectivity index (χ0v) is 10.8. The number of aromatic nitrogens is 1. The first-order valence-corrected chi connectivity index (χ1v) is 6.11. The SMILES string of the molecule is Brc1cccc(Oc2cn[c]s2)c1Br. The summed E-state index contributed by atoms with van der Waals surface area (Å²) in [5, 5.41) is 0.726. The molecule has 0 amide bonds. The van der Waals surface area contributed by atoms with Gasteiger partial charge in [-0.2, -0.15) is 0 Å². The molecule has 0 fully saturated rings. The summed E-state index contributed by atoms with van der Waals surface area (Å²) in [4.78, 5) is 3.81. The standard InChI is InChI=1S/C9H4Br2NOS/c10-6-2-1-3-7(9(6)11)13-8-4-12-5-14-8/h1-4H. The Balaban J connectivity index is 2.29. The zero-order chi connectivity index (χ0) is 9.97. The third kappa shape index (κ3) is 2.16. The highest BCUT2D eigenvalue weighted by Gasteiger charge is 2.06. The van der Waals surface area contributed by atoms with Crippen LogP contribution >= 0.6 is 43.2 Å². The summed E-state index contributed by atoms with van der Waals surface area (Å²) in [5.74, 6) is 0.761. The number of rotatable bonds is 2. The van der Waals surface area contributed by atoms with Crippen molar-refractivity contribution < 1.29 is 4.74 Å². The average molecular weight is 334 g/mol. The minimum Gasteiger partial charge on any atom is -0.444 e. The molecular weight excluding hydrogens is 330 g/mol. The van der Waals surface area contributed by atoms with Gasteiger partial charge in [0, 0.05) is 4.47 Å². The van der Waals surface area contributed by atoms with Gasteiger partial charge in [0.15, 0.2) is 5.51 Å². The van der Waals surface area contributed by atoms with E-state index in [1.54, 1.807) is 6.20 Å². The minimum absolute atomic E-state index is 0.726. The predicted octanol–water partition coefficient (Wildman–Crippen LogP) is 4.26. The number of benzene rings is 1. The van der Waals surface area contributed by atoms with E-state index < -0.39 is 0 Å². The average Bonchev–Trinajstić information content (AvgIpc) is 2.66. The molecule has 5 heteroatoms. The second-order valence-corrected chi connectivity index (χ2v) is 4.86. The van der Waals surface area contributed by atoms with Gasteiger partial charge in [0.2, 0.25) is 5.06 Å². The molecule has 71 valence electrons. The highest BCUT2D eigenvalue weighted by molar-refractivity contribution is 9.13. The minimum atomic E-state index is 0.726. The van der Waals surface area contributed by atoms with Gasteiger partial charge >= 0.3 is 0 Å². The molecule has 1 aromatic heterocycles. The Labute approximate surface area is 102 Å². The van der Waals surface area contributed by atoms with E-state index in [1.807, 2.05) is 18.2 Å². The first kappa shape index (κ1) is 10.1. The van der Waals surface area contributed by atoms with E-state index in [4.69, 9.17) is 4.74 Å². The largest absolute Gasteiger partial charge is 0.444 e. The van der Waals surface area contributed by atoms with Crippen molar-refractivity contribution in [1.29, 1.82) is 0 Å². The maximum atomic E-state index is 5.58.